The van der Waals surface area contributed by atoms with Gasteiger partial charge < -0.3 is 41.4 Å². The SMILES string of the molecule is NCCCC1C(Cc2cn(CC(=O)NCCCCCCNC(=O)Cn3cnc(CC4C(CCCN)C4C(=O)O)c3)cn2)C1C(=O)O. The van der Waals surface area contributed by atoms with Crippen LogP contribution in [0.5, 0.6) is 0 Å². The molecular weight excluding hydrogens is 592 g/mol. The maximum atomic E-state index is 12.3. The summed E-state index contributed by atoms with van der Waals surface area (Å²) >= 11 is 0. The summed E-state index contributed by atoms with van der Waals surface area (Å²) in [5.74, 6) is -1.92. The summed E-state index contributed by atoms with van der Waals surface area (Å²) < 4.78 is 3.46. The summed E-state index contributed by atoms with van der Waals surface area (Å²) in [4.78, 5) is 56.5. The summed E-state index contributed by atoms with van der Waals surface area (Å²) in [5, 5.41) is 24.8. The van der Waals surface area contributed by atoms with Crippen molar-refractivity contribution >= 4 is 23.8 Å². The van der Waals surface area contributed by atoms with Crippen molar-refractivity contribution in [2.45, 2.75) is 77.3 Å². The molecule has 2 heterocycles. The van der Waals surface area contributed by atoms with Crippen molar-refractivity contribution in [3.8, 4) is 0 Å². The Morgan fingerprint density at radius 2 is 1.07 bits per heavy atom. The summed E-state index contributed by atoms with van der Waals surface area (Å²) in [6.45, 7) is 2.60. The van der Waals surface area contributed by atoms with Gasteiger partial charge in [0.15, 0.2) is 0 Å². The number of carbonyl (C=O) groups excluding carboxylic acids is 2. The van der Waals surface area contributed by atoms with Crippen molar-refractivity contribution in [3.63, 3.8) is 0 Å². The van der Waals surface area contributed by atoms with Crippen LogP contribution in [0.2, 0.25) is 0 Å². The second-order valence-electron chi connectivity index (χ2n) is 12.8. The number of imidazole rings is 2. The van der Waals surface area contributed by atoms with Crippen LogP contribution in [0.3, 0.4) is 0 Å². The van der Waals surface area contributed by atoms with E-state index < -0.39 is 11.9 Å². The van der Waals surface area contributed by atoms with Gasteiger partial charge in [-0.25, -0.2) is 9.97 Å². The zero-order valence-corrected chi connectivity index (χ0v) is 26.6. The summed E-state index contributed by atoms with van der Waals surface area (Å²) in [6.07, 6.45) is 14.9. The first kappa shape index (κ1) is 35.1. The lowest BCUT2D eigenvalue weighted by Gasteiger charge is -2.07. The highest BCUT2D eigenvalue weighted by molar-refractivity contribution is 5.76. The number of aliphatic carboxylic acids is 2. The molecule has 6 unspecified atom stereocenters. The number of hydrogen-bond donors (Lipinski definition) is 6. The van der Waals surface area contributed by atoms with Crippen molar-refractivity contribution in [1.29, 1.82) is 0 Å². The first-order valence-corrected chi connectivity index (χ1v) is 16.6. The van der Waals surface area contributed by atoms with Gasteiger partial charge in [-0.3, -0.25) is 19.2 Å². The zero-order chi connectivity index (χ0) is 33.1. The van der Waals surface area contributed by atoms with Crippen molar-refractivity contribution < 1.29 is 29.4 Å². The molecule has 0 aromatic carbocycles. The molecule has 0 aliphatic heterocycles. The zero-order valence-electron chi connectivity index (χ0n) is 26.6. The quantitative estimate of drug-likeness (QED) is 0.0945. The minimum atomic E-state index is -0.757. The number of amides is 2. The number of carboxylic acids is 2. The van der Waals surface area contributed by atoms with Gasteiger partial charge in [0.1, 0.15) is 13.1 Å². The van der Waals surface area contributed by atoms with E-state index in [0.29, 0.717) is 39.0 Å². The van der Waals surface area contributed by atoms with Crippen molar-refractivity contribution in [2.75, 3.05) is 26.2 Å². The van der Waals surface area contributed by atoms with Crippen molar-refractivity contribution in [1.82, 2.24) is 29.7 Å². The van der Waals surface area contributed by atoms with Gasteiger partial charge in [-0.05, 0) is 88.1 Å². The molecule has 0 bridgehead atoms. The van der Waals surface area contributed by atoms with Gasteiger partial charge in [-0.2, -0.15) is 0 Å². The van der Waals surface area contributed by atoms with Crippen LogP contribution >= 0.6 is 0 Å². The smallest absolute Gasteiger partial charge is 0.307 e. The first-order chi connectivity index (χ1) is 22.2. The number of nitrogens with one attached hydrogen (secondary N) is 2. The van der Waals surface area contributed by atoms with Crippen LogP contribution < -0.4 is 22.1 Å². The van der Waals surface area contributed by atoms with E-state index in [0.717, 1.165) is 62.8 Å². The molecule has 2 saturated carbocycles. The Morgan fingerprint density at radius 1 is 0.652 bits per heavy atom. The molecular formula is C32H50N8O6. The molecule has 46 heavy (non-hydrogen) atoms. The number of unbranched alkanes of at least 4 members (excludes halogenated alkanes) is 3. The summed E-state index contributed by atoms with van der Waals surface area (Å²) in [6, 6.07) is 0. The standard InChI is InChI=1S/C32H50N8O6/c33-9-5-7-23-25(29(23)31(43)44)13-21-15-39(19-37-21)17-27(41)35-11-3-1-2-4-12-36-28(42)18-40-16-22(38-20-40)14-26-24(8-6-10-34)30(26)32(45)46/h15-16,19-20,23-26,29-30H,1-14,17-18,33-34H2,(H,35,41)(H,36,42)(H,43,44)(H,45,46). The molecule has 2 fully saturated rings. The molecule has 8 N–H and O–H groups in total. The Morgan fingerprint density at radius 3 is 1.43 bits per heavy atom. The van der Waals surface area contributed by atoms with Gasteiger partial charge in [0.05, 0.1) is 35.9 Å². The molecule has 2 aromatic heterocycles. The predicted molar refractivity (Wildman–Crippen MR) is 169 cm³/mol. The van der Waals surface area contributed by atoms with Gasteiger partial charge in [0.25, 0.3) is 0 Å². The number of nitrogens with zero attached hydrogens (tertiary/aromatic N) is 4. The molecule has 0 spiro atoms. The van der Waals surface area contributed by atoms with Crippen LogP contribution in [-0.2, 0) is 45.1 Å². The van der Waals surface area contributed by atoms with E-state index in [9.17, 15) is 29.4 Å². The maximum absolute atomic E-state index is 12.3. The average molecular weight is 643 g/mol. The maximum Gasteiger partial charge on any atom is 0.307 e. The molecule has 6 atom stereocenters. The van der Waals surface area contributed by atoms with E-state index in [1.54, 1.807) is 21.8 Å². The van der Waals surface area contributed by atoms with E-state index in [-0.39, 0.29) is 60.4 Å². The number of carbonyl (C=O) groups is 4. The fraction of sp³-hybridized carbons (Fsp3) is 0.688. The van der Waals surface area contributed by atoms with Crippen LogP contribution in [0.1, 0.15) is 62.8 Å². The first-order valence-electron chi connectivity index (χ1n) is 16.6. The Balaban J connectivity index is 1.02. The summed E-state index contributed by atoms with van der Waals surface area (Å²) in [7, 11) is 0. The van der Waals surface area contributed by atoms with Crippen molar-refractivity contribution in [3.05, 3.63) is 36.4 Å². The third-order valence-electron chi connectivity index (χ3n) is 9.38. The number of hydrogen-bond acceptors (Lipinski definition) is 8. The number of rotatable bonds is 23. The molecule has 4 rings (SSSR count). The van der Waals surface area contributed by atoms with E-state index in [1.807, 2.05) is 12.4 Å². The minimum Gasteiger partial charge on any atom is -0.481 e. The van der Waals surface area contributed by atoms with Crippen LogP contribution in [0.4, 0.5) is 0 Å². The largest absolute Gasteiger partial charge is 0.481 e. The number of nitrogens with two attached hydrogens (primary N) is 2. The van der Waals surface area contributed by atoms with Crippen LogP contribution in [0.25, 0.3) is 0 Å². The lowest BCUT2D eigenvalue weighted by atomic mass is 10.1. The molecule has 0 radical (unpaired) electrons. The van der Waals surface area contributed by atoms with Crippen LogP contribution in [0, 0.1) is 35.5 Å². The van der Waals surface area contributed by atoms with Gasteiger partial charge in [-0.15, -0.1) is 0 Å². The third-order valence-corrected chi connectivity index (χ3v) is 9.38. The fourth-order valence-corrected chi connectivity index (χ4v) is 6.86. The monoisotopic (exact) mass is 642 g/mol. The van der Waals surface area contributed by atoms with Gasteiger partial charge in [0, 0.05) is 25.5 Å². The van der Waals surface area contributed by atoms with E-state index in [4.69, 9.17) is 11.5 Å². The Labute approximate surface area is 269 Å². The third kappa shape index (κ3) is 10.4. The van der Waals surface area contributed by atoms with Crippen LogP contribution in [-0.4, -0.2) is 79.2 Å². The Bertz CT molecular complexity index is 1210. The highest BCUT2D eigenvalue weighted by atomic mass is 16.4. The average Bonchev–Trinajstić information content (AvgIpc) is 3.74. The Kier molecular flexibility index (Phi) is 13.1. The lowest BCUT2D eigenvalue weighted by Crippen LogP contribution is -2.28. The second-order valence-corrected chi connectivity index (χ2v) is 12.8. The Hall–Kier alpha value is -3.78. The molecule has 14 nitrogen and oxygen atoms in total. The molecule has 2 aromatic rings. The fourth-order valence-electron chi connectivity index (χ4n) is 6.86. The van der Waals surface area contributed by atoms with E-state index in [1.165, 1.54) is 0 Å². The van der Waals surface area contributed by atoms with Gasteiger partial charge in [0.2, 0.25) is 11.8 Å². The van der Waals surface area contributed by atoms with E-state index in [2.05, 4.69) is 20.6 Å². The van der Waals surface area contributed by atoms with Crippen molar-refractivity contribution in [2.24, 2.45) is 47.0 Å². The highest BCUT2D eigenvalue weighted by Gasteiger charge is 2.54. The number of aromatic nitrogens is 4. The number of carboxylic acid groups (broad SMARTS) is 2. The van der Waals surface area contributed by atoms with E-state index >= 15 is 0 Å². The molecule has 14 heteroatoms. The highest BCUT2D eigenvalue weighted by Crippen LogP contribution is 2.51. The second kappa shape index (κ2) is 17.2. The predicted octanol–water partition coefficient (Wildman–Crippen LogP) is 1.03. The van der Waals surface area contributed by atoms with Crippen LogP contribution in [0.15, 0.2) is 25.0 Å². The topological polar surface area (TPSA) is 220 Å². The molecule has 2 amide bonds. The lowest BCUT2D eigenvalue weighted by molar-refractivity contribution is -0.140. The molecule has 2 aliphatic carbocycles. The minimum absolute atomic E-state index is 0.0772. The molecule has 2 aliphatic rings. The van der Waals surface area contributed by atoms with Gasteiger partial charge >= 0.3 is 11.9 Å². The normalized spacial score (nSPS) is 23.2. The molecule has 0 saturated heterocycles. The molecule has 254 valence electrons. The summed E-state index contributed by atoms with van der Waals surface area (Å²) in [5.41, 5.74) is 12.8. The van der Waals surface area contributed by atoms with Gasteiger partial charge in [-0.1, -0.05) is 12.8 Å².